The van der Waals surface area contributed by atoms with Gasteiger partial charge in [-0.05, 0) is 40.3 Å². The number of tetrazole rings is 1. The van der Waals surface area contributed by atoms with E-state index in [9.17, 15) is 19.8 Å². The van der Waals surface area contributed by atoms with Gasteiger partial charge in [0.05, 0.1) is 18.3 Å². The molecule has 0 radical (unpaired) electrons. The lowest BCUT2D eigenvalue weighted by molar-refractivity contribution is -0.131. The number of hydrogen-bond acceptors (Lipinski definition) is 9. The average Bonchev–Trinajstić information content (AvgIpc) is 3.72. The van der Waals surface area contributed by atoms with Crippen molar-refractivity contribution in [2.75, 3.05) is 6.61 Å². The van der Waals surface area contributed by atoms with Crippen LogP contribution in [0.25, 0.3) is 22.5 Å². The highest BCUT2D eigenvalue weighted by molar-refractivity contribution is 5.90. The maximum absolute atomic E-state index is 13.3. The van der Waals surface area contributed by atoms with Gasteiger partial charge in [0.15, 0.2) is 11.9 Å². The molecule has 0 aliphatic carbocycles. The Morgan fingerprint density at radius 1 is 1.02 bits per heavy atom. The molecule has 0 saturated heterocycles. The third kappa shape index (κ3) is 6.74. The van der Waals surface area contributed by atoms with E-state index in [1.165, 1.54) is 0 Å². The van der Waals surface area contributed by atoms with Crippen molar-refractivity contribution < 1.29 is 24.2 Å². The fourth-order valence-corrected chi connectivity index (χ4v) is 4.89. The molecule has 11 heteroatoms. The number of carbonyl (C=O) groups excluding carboxylic acids is 2. The largest absolute Gasteiger partial charge is 0.437 e. The number of aliphatic hydroxyl groups is 2. The van der Waals surface area contributed by atoms with Crippen LogP contribution in [-0.4, -0.2) is 66.3 Å². The van der Waals surface area contributed by atoms with E-state index in [0.29, 0.717) is 30.1 Å². The van der Waals surface area contributed by atoms with Crippen LogP contribution in [0.1, 0.15) is 46.6 Å². The van der Waals surface area contributed by atoms with Gasteiger partial charge in [0.1, 0.15) is 5.76 Å². The third-order valence-electron chi connectivity index (χ3n) is 7.25. The van der Waals surface area contributed by atoms with Crippen molar-refractivity contribution in [1.29, 1.82) is 0 Å². The van der Waals surface area contributed by atoms with Gasteiger partial charge in [0.2, 0.25) is 5.82 Å². The van der Waals surface area contributed by atoms with Crippen LogP contribution < -0.4 is 5.32 Å². The van der Waals surface area contributed by atoms with Crippen LogP contribution >= 0.6 is 0 Å². The van der Waals surface area contributed by atoms with Crippen LogP contribution in [0.4, 0.5) is 0 Å². The van der Waals surface area contributed by atoms with Crippen molar-refractivity contribution in [1.82, 2.24) is 30.9 Å². The van der Waals surface area contributed by atoms with E-state index >= 15 is 0 Å². The Hall–Kier alpha value is -5.00. The van der Waals surface area contributed by atoms with Gasteiger partial charge >= 0.3 is 5.91 Å². The van der Waals surface area contributed by atoms with Crippen LogP contribution in [0.3, 0.4) is 0 Å². The van der Waals surface area contributed by atoms with E-state index in [2.05, 4.69) is 30.9 Å². The maximum Gasteiger partial charge on any atom is 0.307 e. The van der Waals surface area contributed by atoms with E-state index in [0.717, 1.165) is 34.2 Å². The van der Waals surface area contributed by atoms with Gasteiger partial charge in [-0.25, -0.2) is 4.98 Å². The van der Waals surface area contributed by atoms with E-state index in [1.807, 2.05) is 73.7 Å². The Bertz CT molecular complexity index is 1650. The standard InChI is InChI=1S/C32H32N6O5/c1-2-8-27-26(17-22-13-15-23(16-14-22)24-11-6-7-12-25(24)29-35-37-38-36-29)33-31(43-27)30(41)34-28(32(42,19-39)20-40)18-21-9-4-3-5-10-21/h3-7,9-16,19,28,40,42H,2,8,17-18,20H2,1H3,(H,34,41)(H,35,36,37,38). The molecule has 5 aromatic rings. The number of nitrogens with zero attached hydrogens (tertiary/aromatic N) is 4. The molecule has 2 atom stereocenters. The van der Waals surface area contributed by atoms with Crippen LogP contribution in [-0.2, 0) is 24.1 Å². The number of oxazole rings is 1. The van der Waals surface area contributed by atoms with Crippen molar-refractivity contribution in [2.45, 2.75) is 44.2 Å². The Labute approximate surface area is 248 Å². The summed E-state index contributed by atoms with van der Waals surface area (Å²) in [6, 6.07) is 23.8. The minimum atomic E-state index is -2.18. The second-order valence-electron chi connectivity index (χ2n) is 10.3. The van der Waals surface area contributed by atoms with Crippen molar-refractivity contribution in [3.05, 3.63) is 107 Å². The van der Waals surface area contributed by atoms with Crippen molar-refractivity contribution in [3.63, 3.8) is 0 Å². The van der Waals surface area contributed by atoms with E-state index < -0.39 is 24.2 Å². The first-order valence-corrected chi connectivity index (χ1v) is 14.0. The van der Waals surface area contributed by atoms with Crippen LogP contribution in [0.15, 0.2) is 83.3 Å². The number of aromatic nitrogens is 5. The van der Waals surface area contributed by atoms with E-state index in [4.69, 9.17) is 4.42 Å². The maximum atomic E-state index is 13.3. The summed E-state index contributed by atoms with van der Waals surface area (Å²) in [6.45, 7) is 1.14. The summed E-state index contributed by atoms with van der Waals surface area (Å²) >= 11 is 0. The molecule has 2 heterocycles. The van der Waals surface area contributed by atoms with Crippen molar-refractivity contribution in [3.8, 4) is 22.5 Å². The molecule has 0 aliphatic rings. The summed E-state index contributed by atoms with van der Waals surface area (Å²) in [6.07, 6.45) is 2.14. The molecule has 11 nitrogen and oxygen atoms in total. The molecule has 1 amide bonds. The van der Waals surface area contributed by atoms with Crippen LogP contribution in [0.5, 0.6) is 0 Å². The minimum Gasteiger partial charge on any atom is -0.437 e. The zero-order chi connectivity index (χ0) is 30.2. The van der Waals surface area contributed by atoms with Gasteiger partial charge in [0.25, 0.3) is 5.89 Å². The number of amides is 1. The molecule has 0 aliphatic heterocycles. The Kier molecular flexibility index (Phi) is 9.14. The Morgan fingerprint density at radius 3 is 2.40 bits per heavy atom. The average molecular weight is 581 g/mol. The van der Waals surface area contributed by atoms with Gasteiger partial charge in [-0.3, -0.25) is 9.59 Å². The molecule has 0 bridgehead atoms. The van der Waals surface area contributed by atoms with Gasteiger partial charge in [-0.2, -0.15) is 5.21 Å². The Morgan fingerprint density at radius 2 is 1.74 bits per heavy atom. The highest BCUT2D eigenvalue weighted by Gasteiger charge is 2.38. The molecular weight excluding hydrogens is 548 g/mol. The topological polar surface area (TPSA) is 167 Å². The molecule has 43 heavy (non-hydrogen) atoms. The first-order valence-electron chi connectivity index (χ1n) is 14.0. The number of aromatic amines is 1. The third-order valence-corrected chi connectivity index (χ3v) is 7.25. The molecular formula is C32H32N6O5. The predicted molar refractivity (Wildman–Crippen MR) is 158 cm³/mol. The van der Waals surface area contributed by atoms with E-state index in [-0.39, 0.29) is 18.6 Å². The fourth-order valence-electron chi connectivity index (χ4n) is 4.89. The van der Waals surface area contributed by atoms with Crippen LogP contribution in [0.2, 0.25) is 0 Å². The summed E-state index contributed by atoms with van der Waals surface area (Å²) in [5, 5.41) is 37.6. The monoisotopic (exact) mass is 580 g/mol. The molecule has 4 N–H and O–H groups in total. The highest BCUT2D eigenvalue weighted by atomic mass is 16.4. The molecule has 0 saturated carbocycles. The lowest BCUT2D eigenvalue weighted by atomic mass is 9.90. The van der Waals surface area contributed by atoms with Crippen LogP contribution in [0, 0.1) is 0 Å². The number of hydrogen-bond donors (Lipinski definition) is 4. The van der Waals surface area contributed by atoms with Gasteiger partial charge in [0, 0.05) is 18.4 Å². The zero-order valence-electron chi connectivity index (χ0n) is 23.6. The Balaban J connectivity index is 1.36. The number of rotatable bonds is 13. The molecule has 2 unspecified atom stereocenters. The second-order valence-corrected chi connectivity index (χ2v) is 10.3. The normalized spacial score (nSPS) is 13.3. The number of aliphatic hydroxyl groups excluding tert-OH is 1. The molecule has 2 aromatic heterocycles. The molecule has 0 fully saturated rings. The zero-order valence-corrected chi connectivity index (χ0v) is 23.6. The summed E-state index contributed by atoms with van der Waals surface area (Å²) in [5.74, 6) is 0.237. The van der Waals surface area contributed by atoms with E-state index in [1.54, 1.807) is 12.1 Å². The summed E-state index contributed by atoms with van der Waals surface area (Å²) in [7, 11) is 0. The summed E-state index contributed by atoms with van der Waals surface area (Å²) in [4.78, 5) is 29.5. The SMILES string of the molecule is CCCc1oc(C(=O)NC(Cc2ccccc2)C(O)(C=O)CO)nc1Cc1ccc(-c2ccccc2-c2nn[nH]n2)cc1. The van der Waals surface area contributed by atoms with Crippen molar-refractivity contribution >= 4 is 12.2 Å². The number of aryl methyl sites for hydroxylation is 1. The van der Waals surface area contributed by atoms with Gasteiger partial charge < -0.3 is 19.9 Å². The lowest BCUT2D eigenvalue weighted by Gasteiger charge is -2.30. The molecule has 0 spiro atoms. The number of benzene rings is 3. The molecule has 220 valence electrons. The molecule has 3 aromatic carbocycles. The molecule has 5 rings (SSSR count). The quantitative estimate of drug-likeness (QED) is 0.153. The smallest absolute Gasteiger partial charge is 0.307 e. The number of H-pyrrole nitrogens is 1. The number of carbonyl (C=O) groups is 2. The van der Waals surface area contributed by atoms with Crippen molar-refractivity contribution in [2.24, 2.45) is 0 Å². The fraction of sp³-hybridized carbons (Fsp3) is 0.250. The predicted octanol–water partition coefficient (Wildman–Crippen LogP) is 3.33. The second kappa shape index (κ2) is 13.3. The first kappa shape index (κ1) is 29.5. The minimum absolute atomic E-state index is 0.111. The number of aldehydes is 1. The highest BCUT2D eigenvalue weighted by Crippen LogP contribution is 2.30. The van der Waals surface area contributed by atoms with Gasteiger partial charge in [-0.15, -0.1) is 10.2 Å². The summed E-state index contributed by atoms with van der Waals surface area (Å²) < 4.78 is 5.89. The first-order chi connectivity index (χ1) is 20.9. The lowest BCUT2D eigenvalue weighted by Crippen LogP contribution is -2.57. The van der Waals surface area contributed by atoms with Gasteiger partial charge in [-0.1, -0.05) is 85.8 Å². The number of nitrogens with one attached hydrogen (secondary N) is 2. The summed E-state index contributed by atoms with van der Waals surface area (Å²) in [5.41, 5.74) is 2.98.